The maximum Gasteiger partial charge on any atom is 0.255 e. The number of piperazine rings is 1. The van der Waals surface area contributed by atoms with Crippen LogP contribution in [0.5, 0.6) is 0 Å². The van der Waals surface area contributed by atoms with Gasteiger partial charge >= 0.3 is 0 Å². The summed E-state index contributed by atoms with van der Waals surface area (Å²) in [5.74, 6) is -0.285. The maximum absolute atomic E-state index is 13.8. The molecule has 3 aromatic rings. The van der Waals surface area contributed by atoms with E-state index in [1.807, 2.05) is 75.3 Å². The quantitative estimate of drug-likeness (QED) is 0.556. The second-order valence-corrected chi connectivity index (χ2v) is 8.76. The van der Waals surface area contributed by atoms with E-state index < -0.39 is 6.04 Å². The predicted octanol–water partition coefficient (Wildman–Crippen LogP) is 5.14. The third-order valence-corrected chi connectivity index (χ3v) is 6.20. The van der Waals surface area contributed by atoms with E-state index in [1.54, 1.807) is 34.1 Å². The molecule has 32 heavy (non-hydrogen) atoms. The Balaban J connectivity index is 1.80. The van der Waals surface area contributed by atoms with Gasteiger partial charge in [0, 0.05) is 36.2 Å². The molecular formula is C26H26ClN3O2. The molecule has 1 aliphatic rings. The van der Waals surface area contributed by atoms with Crippen molar-refractivity contribution < 1.29 is 9.59 Å². The van der Waals surface area contributed by atoms with Gasteiger partial charge in [0.25, 0.3) is 5.91 Å². The number of hydrogen-bond donors (Lipinski definition) is 0. The first-order valence-corrected chi connectivity index (χ1v) is 10.9. The fourth-order valence-electron chi connectivity index (χ4n) is 3.94. The third-order valence-electron chi connectivity index (χ3n) is 5.95. The van der Waals surface area contributed by atoms with Gasteiger partial charge < -0.3 is 9.80 Å². The van der Waals surface area contributed by atoms with Crippen LogP contribution in [0.25, 0.3) is 0 Å². The van der Waals surface area contributed by atoms with Crippen molar-refractivity contribution in [3.8, 4) is 0 Å². The van der Waals surface area contributed by atoms with Crippen molar-refractivity contribution in [3.05, 3.63) is 88.4 Å². The Labute approximate surface area is 193 Å². The van der Waals surface area contributed by atoms with E-state index in [-0.39, 0.29) is 18.4 Å². The zero-order valence-electron chi connectivity index (χ0n) is 18.7. The summed E-state index contributed by atoms with van der Waals surface area (Å²) in [7, 11) is 3.93. The molecule has 0 saturated carbocycles. The molecule has 0 spiro atoms. The zero-order valence-corrected chi connectivity index (χ0v) is 19.4. The minimum atomic E-state index is -0.768. The highest BCUT2D eigenvalue weighted by molar-refractivity contribution is 6.30. The first-order valence-electron chi connectivity index (χ1n) is 10.5. The monoisotopic (exact) mass is 447 g/mol. The van der Waals surface area contributed by atoms with Gasteiger partial charge in [-0.25, -0.2) is 0 Å². The average Bonchev–Trinajstić information content (AvgIpc) is 2.77. The highest BCUT2D eigenvalue weighted by Crippen LogP contribution is 2.36. The molecule has 4 rings (SSSR count). The van der Waals surface area contributed by atoms with Crippen molar-refractivity contribution in [2.45, 2.75) is 19.9 Å². The molecule has 2 amide bonds. The first kappa shape index (κ1) is 21.9. The molecule has 1 fully saturated rings. The maximum atomic E-state index is 13.8. The number of benzene rings is 3. The minimum absolute atomic E-state index is 0.0176. The number of anilines is 3. The number of carbonyl (C=O) groups excluding carboxylic acids is 2. The lowest BCUT2D eigenvalue weighted by Crippen LogP contribution is -2.56. The first-order chi connectivity index (χ1) is 15.3. The third kappa shape index (κ3) is 4.08. The number of amides is 2. The number of hydrogen-bond acceptors (Lipinski definition) is 3. The van der Waals surface area contributed by atoms with Crippen LogP contribution < -0.4 is 14.7 Å². The number of nitrogens with zero attached hydrogens (tertiary/aromatic N) is 3. The second-order valence-electron chi connectivity index (χ2n) is 8.32. The molecule has 0 bridgehead atoms. The molecule has 1 saturated heterocycles. The van der Waals surface area contributed by atoms with E-state index in [0.29, 0.717) is 10.7 Å². The summed E-state index contributed by atoms with van der Waals surface area (Å²) in [5, 5.41) is 0.577. The van der Waals surface area contributed by atoms with Gasteiger partial charge in [0.1, 0.15) is 12.6 Å². The molecule has 0 unspecified atom stereocenters. The van der Waals surface area contributed by atoms with Gasteiger partial charge in [0.2, 0.25) is 5.91 Å². The predicted molar refractivity (Wildman–Crippen MR) is 131 cm³/mol. The van der Waals surface area contributed by atoms with Gasteiger partial charge in [-0.2, -0.15) is 0 Å². The van der Waals surface area contributed by atoms with Gasteiger partial charge in [-0.05, 0) is 79.1 Å². The molecule has 5 nitrogen and oxygen atoms in total. The van der Waals surface area contributed by atoms with Crippen molar-refractivity contribution >= 4 is 40.5 Å². The Kier molecular flexibility index (Phi) is 5.94. The van der Waals surface area contributed by atoms with Gasteiger partial charge in [-0.3, -0.25) is 14.5 Å². The van der Waals surface area contributed by atoms with Crippen molar-refractivity contribution in [2.24, 2.45) is 0 Å². The number of halogens is 1. The van der Waals surface area contributed by atoms with E-state index in [0.717, 1.165) is 28.1 Å². The molecule has 3 aromatic carbocycles. The van der Waals surface area contributed by atoms with Crippen LogP contribution in [0.4, 0.5) is 17.1 Å². The van der Waals surface area contributed by atoms with E-state index in [9.17, 15) is 9.59 Å². The SMILES string of the molecule is Cc1ccc(N2CC(=O)N(c3ccc(Cl)cc3)[C@H](c3ccc(N(C)C)cc3)C2=O)cc1C. The van der Waals surface area contributed by atoms with E-state index in [4.69, 9.17) is 11.6 Å². The van der Waals surface area contributed by atoms with Crippen LogP contribution in [-0.4, -0.2) is 32.5 Å². The lowest BCUT2D eigenvalue weighted by atomic mass is 9.98. The fraction of sp³-hybridized carbons (Fsp3) is 0.231. The van der Waals surface area contributed by atoms with E-state index in [2.05, 4.69) is 0 Å². The second kappa shape index (κ2) is 8.67. The fourth-order valence-corrected chi connectivity index (χ4v) is 4.07. The minimum Gasteiger partial charge on any atom is -0.378 e. The van der Waals surface area contributed by atoms with Crippen molar-refractivity contribution in [1.82, 2.24) is 0 Å². The highest BCUT2D eigenvalue weighted by Gasteiger charge is 2.41. The topological polar surface area (TPSA) is 43.9 Å². The summed E-state index contributed by atoms with van der Waals surface area (Å²) in [4.78, 5) is 32.4. The summed E-state index contributed by atoms with van der Waals surface area (Å²) in [6.45, 7) is 4.02. The van der Waals surface area contributed by atoms with Gasteiger partial charge in [0.05, 0.1) is 0 Å². The molecule has 164 valence electrons. The van der Waals surface area contributed by atoms with Crippen molar-refractivity contribution in [1.29, 1.82) is 0 Å². The Morgan fingerprint density at radius 1 is 0.844 bits per heavy atom. The molecule has 1 aliphatic heterocycles. The molecule has 0 radical (unpaired) electrons. The van der Waals surface area contributed by atoms with Gasteiger partial charge in [0.15, 0.2) is 0 Å². The number of aryl methyl sites for hydroxylation is 2. The van der Waals surface area contributed by atoms with Crippen LogP contribution >= 0.6 is 11.6 Å². The zero-order chi connectivity index (χ0) is 23.0. The Bertz CT molecular complexity index is 1160. The molecule has 0 N–H and O–H groups in total. The summed E-state index contributed by atoms with van der Waals surface area (Å²) >= 11 is 6.06. The Hall–Kier alpha value is -3.31. The van der Waals surface area contributed by atoms with Crippen molar-refractivity contribution in [2.75, 3.05) is 35.3 Å². The van der Waals surface area contributed by atoms with Crippen LogP contribution in [0.2, 0.25) is 5.02 Å². The van der Waals surface area contributed by atoms with E-state index >= 15 is 0 Å². The molecular weight excluding hydrogens is 422 g/mol. The standard InChI is InChI=1S/C26H26ClN3O2/c1-17-5-10-23(15-18(17)2)29-16-24(31)30(22-13-8-20(27)9-14-22)25(26(29)32)19-6-11-21(12-7-19)28(3)4/h5-15,25H,16H2,1-4H3/t25-/m1/s1. The Morgan fingerprint density at radius 3 is 2.06 bits per heavy atom. The van der Waals surface area contributed by atoms with Crippen LogP contribution in [-0.2, 0) is 9.59 Å². The van der Waals surface area contributed by atoms with Gasteiger partial charge in [-0.15, -0.1) is 0 Å². The van der Waals surface area contributed by atoms with E-state index in [1.165, 1.54) is 0 Å². The largest absolute Gasteiger partial charge is 0.378 e. The summed E-state index contributed by atoms with van der Waals surface area (Å²) in [6.07, 6.45) is 0. The number of rotatable bonds is 4. The number of carbonyl (C=O) groups is 2. The van der Waals surface area contributed by atoms with Crippen molar-refractivity contribution in [3.63, 3.8) is 0 Å². The molecule has 1 heterocycles. The molecule has 6 heteroatoms. The molecule has 0 aliphatic carbocycles. The Morgan fingerprint density at radius 2 is 1.47 bits per heavy atom. The molecule has 1 atom stereocenters. The summed E-state index contributed by atoms with van der Waals surface area (Å²) in [6, 6.07) is 19.8. The molecule has 0 aromatic heterocycles. The summed E-state index contributed by atoms with van der Waals surface area (Å²) < 4.78 is 0. The lowest BCUT2D eigenvalue weighted by molar-refractivity contribution is -0.128. The lowest BCUT2D eigenvalue weighted by Gasteiger charge is -2.40. The van der Waals surface area contributed by atoms with Crippen LogP contribution in [0.15, 0.2) is 66.7 Å². The highest BCUT2D eigenvalue weighted by atomic mass is 35.5. The van der Waals surface area contributed by atoms with Crippen LogP contribution in [0, 0.1) is 13.8 Å². The normalized spacial score (nSPS) is 16.5. The van der Waals surface area contributed by atoms with Crippen LogP contribution in [0.1, 0.15) is 22.7 Å². The van der Waals surface area contributed by atoms with Gasteiger partial charge in [-0.1, -0.05) is 29.8 Å². The van der Waals surface area contributed by atoms with Crippen LogP contribution in [0.3, 0.4) is 0 Å². The summed E-state index contributed by atoms with van der Waals surface area (Å²) in [5.41, 5.74) is 5.38. The smallest absolute Gasteiger partial charge is 0.255 e. The average molecular weight is 448 g/mol.